The summed E-state index contributed by atoms with van der Waals surface area (Å²) in [6, 6.07) is 0. The van der Waals surface area contributed by atoms with Gasteiger partial charge in [-0.3, -0.25) is 0 Å². The molecule has 0 heterocycles. The zero-order valence-electron chi connectivity index (χ0n) is 6.26. The lowest BCUT2D eigenvalue weighted by molar-refractivity contribution is 0.229. The quantitative estimate of drug-likeness (QED) is 0.578. The lowest BCUT2D eigenvalue weighted by Crippen LogP contribution is -2.45. The van der Waals surface area contributed by atoms with Crippen molar-refractivity contribution < 1.29 is 0 Å². The van der Waals surface area contributed by atoms with E-state index < -0.39 is 0 Å². The van der Waals surface area contributed by atoms with Crippen LogP contribution in [0, 0.1) is 18.3 Å². The molecular weight excluding hydrogens is 146 g/mol. The SMILES string of the molecule is C#CC(C)(N)C1CCC1.Cl. The number of hydrogen-bond donors (Lipinski definition) is 1. The van der Waals surface area contributed by atoms with Crippen molar-refractivity contribution in [3.63, 3.8) is 0 Å². The maximum atomic E-state index is 5.79. The molecule has 1 saturated carbocycles. The second kappa shape index (κ2) is 3.27. The van der Waals surface area contributed by atoms with Crippen molar-refractivity contribution >= 4 is 12.4 Å². The Hall–Kier alpha value is -0.190. The van der Waals surface area contributed by atoms with Gasteiger partial charge in [0.25, 0.3) is 0 Å². The molecule has 1 unspecified atom stereocenters. The molecule has 0 aromatic rings. The fraction of sp³-hybridized carbons (Fsp3) is 0.750. The molecule has 0 aromatic carbocycles. The molecule has 0 saturated heterocycles. The molecule has 0 aromatic heterocycles. The average Bonchev–Trinajstić information content (AvgIpc) is 1.60. The van der Waals surface area contributed by atoms with Crippen LogP contribution in [0.5, 0.6) is 0 Å². The van der Waals surface area contributed by atoms with E-state index in [-0.39, 0.29) is 17.9 Å². The first kappa shape index (κ1) is 9.81. The van der Waals surface area contributed by atoms with Crippen molar-refractivity contribution in [3.8, 4) is 12.3 Å². The topological polar surface area (TPSA) is 26.0 Å². The fourth-order valence-electron chi connectivity index (χ4n) is 1.13. The number of rotatable bonds is 1. The minimum absolute atomic E-state index is 0. The van der Waals surface area contributed by atoms with Crippen LogP contribution in [0.2, 0.25) is 0 Å². The van der Waals surface area contributed by atoms with Gasteiger partial charge in [-0.05, 0) is 25.7 Å². The van der Waals surface area contributed by atoms with Crippen molar-refractivity contribution in [2.75, 3.05) is 0 Å². The van der Waals surface area contributed by atoms with Gasteiger partial charge in [-0.2, -0.15) is 0 Å². The van der Waals surface area contributed by atoms with Gasteiger partial charge in [-0.15, -0.1) is 18.8 Å². The highest BCUT2D eigenvalue weighted by molar-refractivity contribution is 5.85. The number of halogens is 1. The Morgan fingerprint density at radius 2 is 2.10 bits per heavy atom. The Labute approximate surface area is 68.8 Å². The summed E-state index contributed by atoms with van der Waals surface area (Å²) in [4.78, 5) is 0. The molecule has 2 N–H and O–H groups in total. The Morgan fingerprint density at radius 3 is 2.20 bits per heavy atom. The third-order valence-electron chi connectivity index (χ3n) is 2.26. The zero-order chi connectivity index (χ0) is 6.91. The van der Waals surface area contributed by atoms with E-state index in [1.165, 1.54) is 19.3 Å². The zero-order valence-corrected chi connectivity index (χ0v) is 7.08. The van der Waals surface area contributed by atoms with Gasteiger partial charge in [0, 0.05) is 0 Å². The predicted molar refractivity (Wildman–Crippen MR) is 46.0 cm³/mol. The van der Waals surface area contributed by atoms with Crippen LogP contribution in [0.4, 0.5) is 0 Å². The van der Waals surface area contributed by atoms with Crippen molar-refractivity contribution in [1.82, 2.24) is 0 Å². The minimum Gasteiger partial charge on any atom is -0.315 e. The number of terminal acetylenes is 1. The molecule has 0 spiro atoms. The predicted octanol–water partition coefficient (Wildman–Crippen LogP) is 1.56. The molecule has 1 atom stereocenters. The Balaban J connectivity index is 0.000000810. The highest BCUT2D eigenvalue weighted by Crippen LogP contribution is 2.33. The largest absolute Gasteiger partial charge is 0.315 e. The summed E-state index contributed by atoms with van der Waals surface area (Å²) in [6.07, 6.45) is 8.99. The Morgan fingerprint density at radius 1 is 1.60 bits per heavy atom. The molecular formula is C8H14ClN. The van der Waals surface area contributed by atoms with Crippen LogP contribution in [0.25, 0.3) is 0 Å². The van der Waals surface area contributed by atoms with Gasteiger partial charge in [0.1, 0.15) is 0 Å². The second-order valence-corrected chi connectivity index (χ2v) is 3.05. The maximum Gasteiger partial charge on any atom is 0.0773 e. The molecule has 10 heavy (non-hydrogen) atoms. The van der Waals surface area contributed by atoms with Crippen molar-refractivity contribution in [1.29, 1.82) is 0 Å². The van der Waals surface area contributed by atoms with E-state index in [0.29, 0.717) is 5.92 Å². The van der Waals surface area contributed by atoms with Gasteiger partial charge < -0.3 is 5.73 Å². The van der Waals surface area contributed by atoms with E-state index in [1.807, 2.05) is 6.92 Å². The number of nitrogens with two attached hydrogens (primary N) is 1. The smallest absolute Gasteiger partial charge is 0.0773 e. The van der Waals surface area contributed by atoms with Gasteiger partial charge in [0.2, 0.25) is 0 Å². The van der Waals surface area contributed by atoms with Crippen LogP contribution in [0.15, 0.2) is 0 Å². The molecule has 58 valence electrons. The lowest BCUT2D eigenvalue weighted by Gasteiger charge is -2.36. The molecule has 1 nitrogen and oxygen atoms in total. The van der Waals surface area contributed by atoms with Crippen LogP contribution in [-0.4, -0.2) is 5.54 Å². The normalized spacial score (nSPS) is 23.3. The van der Waals surface area contributed by atoms with Gasteiger partial charge in [0.05, 0.1) is 5.54 Å². The summed E-state index contributed by atoms with van der Waals surface area (Å²) < 4.78 is 0. The summed E-state index contributed by atoms with van der Waals surface area (Å²) in [5, 5.41) is 0. The van der Waals surface area contributed by atoms with Gasteiger partial charge >= 0.3 is 0 Å². The monoisotopic (exact) mass is 159 g/mol. The average molecular weight is 160 g/mol. The van der Waals surface area contributed by atoms with Crippen molar-refractivity contribution in [2.24, 2.45) is 11.7 Å². The highest BCUT2D eigenvalue weighted by atomic mass is 35.5. The second-order valence-electron chi connectivity index (χ2n) is 3.05. The Kier molecular flexibility index (Phi) is 3.21. The van der Waals surface area contributed by atoms with E-state index in [9.17, 15) is 0 Å². The third-order valence-corrected chi connectivity index (χ3v) is 2.26. The fourth-order valence-corrected chi connectivity index (χ4v) is 1.13. The minimum atomic E-state index is -0.335. The molecule has 1 rings (SSSR count). The molecule has 0 amide bonds. The van der Waals surface area contributed by atoms with Gasteiger partial charge in [0.15, 0.2) is 0 Å². The molecule has 1 aliphatic carbocycles. The van der Waals surface area contributed by atoms with Crippen LogP contribution in [0.3, 0.4) is 0 Å². The molecule has 1 aliphatic rings. The first-order chi connectivity index (χ1) is 4.17. The molecule has 0 bridgehead atoms. The van der Waals surface area contributed by atoms with Gasteiger partial charge in [-0.1, -0.05) is 12.3 Å². The van der Waals surface area contributed by atoms with Crippen LogP contribution in [-0.2, 0) is 0 Å². The van der Waals surface area contributed by atoms with E-state index in [0.717, 1.165) is 0 Å². The molecule has 0 aliphatic heterocycles. The summed E-state index contributed by atoms with van der Waals surface area (Å²) in [6.45, 7) is 1.94. The first-order valence-electron chi connectivity index (χ1n) is 3.43. The lowest BCUT2D eigenvalue weighted by atomic mass is 9.73. The first-order valence-corrected chi connectivity index (χ1v) is 3.43. The van der Waals surface area contributed by atoms with Gasteiger partial charge in [-0.25, -0.2) is 0 Å². The summed E-state index contributed by atoms with van der Waals surface area (Å²) in [7, 11) is 0. The molecule has 1 fully saturated rings. The molecule has 2 heteroatoms. The summed E-state index contributed by atoms with van der Waals surface area (Å²) in [5.41, 5.74) is 5.45. The summed E-state index contributed by atoms with van der Waals surface area (Å²) >= 11 is 0. The van der Waals surface area contributed by atoms with Crippen molar-refractivity contribution in [3.05, 3.63) is 0 Å². The van der Waals surface area contributed by atoms with E-state index in [4.69, 9.17) is 12.2 Å². The third kappa shape index (κ3) is 1.65. The molecule has 0 radical (unpaired) electrons. The highest BCUT2D eigenvalue weighted by Gasteiger charge is 2.32. The van der Waals surface area contributed by atoms with E-state index in [2.05, 4.69) is 5.92 Å². The van der Waals surface area contributed by atoms with E-state index >= 15 is 0 Å². The summed E-state index contributed by atoms with van der Waals surface area (Å²) in [5.74, 6) is 3.21. The standard InChI is InChI=1S/C8H13N.ClH/c1-3-8(2,9)7-5-4-6-7;/h1,7H,4-6,9H2,2H3;1H. The maximum absolute atomic E-state index is 5.79. The van der Waals surface area contributed by atoms with Crippen LogP contribution < -0.4 is 5.73 Å². The van der Waals surface area contributed by atoms with E-state index in [1.54, 1.807) is 0 Å². The Bertz CT molecular complexity index is 142. The van der Waals surface area contributed by atoms with Crippen LogP contribution in [0.1, 0.15) is 26.2 Å². The number of hydrogen-bond acceptors (Lipinski definition) is 1. The van der Waals surface area contributed by atoms with Crippen molar-refractivity contribution in [2.45, 2.75) is 31.7 Å². The van der Waals surface area contributed by atoms with Crippen LogP contribution >= 0.6 is 12.4 Å².